The lowest BCUT2D eigenvalue weighted by atomic mass is 10.2. The van der Waals surface area contributed by atoms with Gasteiger partial charge in [0.25, 0.3) is 0 Å². The van der Waals surface area contributed by atoms with E-state index in [4.69, 9.17) is 39.5 Å². The summed E-state index contributed by atoms with van der Waals surface area (Å²) in [5, 5.41) is 5.24. The summed E-state index contributed by atoms with van der Waals surface area (Å²) in [5.41, 5.74) is 2.97. The summed E-state index contributed by atoms with van der Waals surface area (Å²) < 4.78 is 5.96. The van der Waals surface area contributed by atoms with Crippen LogP contribution < -0.4 is 10.1 Å². The minimum atomic E-state index is 0.354. The van der Waals surface area contributed by atoms with Gasteiger partial charge in [-0.2, -0.15) is 0 Å². The van der Waals surface area contributed by atoms with Gasteiger partial charge in [0.05, 0.1) is 0 Å². The van der Waals surface area contributed by atoms with Crippen LogP contribution in [0.25, 0.3) is 0 Å². The van der Waals surface area contributed by atoms with Gasteiger partial charge in [0.15, 0.2) is 0 Å². The predicted octanol–water partition coefficient (Wildman–Crippen LogP) is 5.91. The van der Waals surface area contributed by atoms with E-state index in [-0.39, 0.29) is 0 Å². The highest BCUT2D eigenvalue weighted by Gasteiger charge is 2.08. The van der Waals surface area contributed by atoms with Crippen molar-refractivity contribution in [3.05, 3.63) is 92.7 Å². The molecule has 0 saturated carbocycles. The zero-order chi connectivity index (χ0) is 18.4. The van der Waals surface area contributed by atoms with E-state index in [1.807, 2.05) is 42.6 Å². The molecule has 6 heteroatoms. The van der Waals surface area contributed by atoms with Gasteiger partial charge in [0, 0.05) is 51.7 Å². The number of aromatic nitrogens is 1. The molecule has 0 aliphatic rings. The van der Waals surface area contributed by atoms with Crippen molar-refractivity contribution in [1.82, 2.24) is 10.3 Å². The zero-order valence-corrected chi connectivity index (χ0v) is 16.2. The fourth-order valence-corrected chi connectivity index (χ4v) is 3.12. The van der Waals surface area contributed by atoms with Gasteiger partial charge in [-0.1, -0.05) is 46.9 Å². The first-order chi connectivity index (χ1) is 12.6. The van der Waals surface area contributed by atoms with Crippen LogP contribution in [-0.2, 0) is 19.7 Å². The molecule has 0 aliphatic carbocycles. The second-order valence-corrected chi connectivity index (χ2v) is 7.02. The number of pyridine rings is 1. The summed E-state index contributed by atoms with van der Waals surface area (Å²) in [6.07, 6.45) is 3.60. The number of halogens is 3. The highest BCUT2D eigenvalue weighted by Crippen LogP contribution is 2.26. The van der Waals surface area contributed by atoms with Gasteiger partial charge in [-0.05, 0) is 42.0 Å². The van der Waals surface area contributed by atoms with Crippen LogP contribution in [0.3, 0.4) is 0 Å². The molecular formula is C20H17Cl3N2O. The molecule has 1 N–H and O–H groups in total. The third-order valence-corrected chi connectivity index (χ3v) is 4.61. The van der Waals surface area contributed by atoms with Crippen molar-refractivity contribution in [2.45, 2.75) is 19.7 Å². The average Bonchev–Trinajstić information content (AvgIpc) is 2.63. The van der Waals surface area contributed by atoms with Crippen LogP contribution in [0.2, 0.25) is 15.1 Å². The first kappa shape index (κ1) is 19.0. The SMILES string of the molecule is Clc1ccc(COc2ccc(Cl)cc2CNCc2cccnc2)c(Cl)c1. The molecule has 3 aromatic rings. The van der Waals surface area contributed by atoms with Crippen molar-refractivity contribution < 1.29 is 4.74 Å². The van der Waals surface area contributed by atoms with Gasteiger partial charge in [-0.3, -0.25) is 4.98 Å². The lowest BCUT2D eigenvalue weighted by Crippen LogP contribution is -2.14. The summed E-state index contributed by atoms with van der Waals surface area (Å²) in [5.74, 6) is 0.763. The molecule has 0 radical (unpaired) electrons. The first-order valence-corrected chi connectivity index (χ1v) is 9.20. The minimum Gasteiger partial charge on any atom is -0.489 e. The van der Waals surface area contributed by atoms with Crippen LogP contribution in [0.1, 0.15) is 16.7 Å². The van der Waals surface area contributed by atoms with Crippen LogP contribution in [0.5, 0.6) is 5.75 Å². The number of hydrogen-bond donors (Lipinski definition) is 1. The van der Waals surface area contributed by atoms with Crippen LogP contribution in [-0.4, -0.2) is 4.98 Å². The maximum Gasteiger partial charge on any atom is 0.124 e. The van der Waals surface area contributed by atoms with Crippen molar-refractivity contribution in [3.8, 4) is 5.75 Å². The fourth-order valence-electron chi connectivity index (χ4n) is 2.47. The Balaban J connectivity index is 1.65. The number of rotatable bonds is 7. The molecule has 0 spiro atoms. The van der Waals surface area contributed by atoms with Crippen LogP contribution >= 0.6 is 34.8 Å². The molecule has 134 valence electrons. The minimum absolute atomic E-state index is 0.354. The molecule has 0 aliphatic heterocycles. The lowest BCUT2D eigenvalue weighted by Gasteiger charge is -2.14. The van der Waals surface area contributed by atoms with Gasteiger partial charge in [-0.25, -0.2) is 0 Å². The molecule has 0 saturated heterocycles. The number of hydrogen-bond acceptors (Lipinski definition) is 3. The molecule has 0 fully saturated rings. The summed E-state index contributed by atoms with van der Waals surface area (Å²) in [4.78, 5) is 4.11. The van der Waals surface area contributed by atoms with E-state index in [1.165, 1.54) is 0 Å². The van der Waals surface area contributed by atoms with Crippen molar-refractivity contribution in [1.29, 1.82) is 0 Å². The molecule has 0 amide bonds. The predicted molar refractivity (Wildman–Crippen MR) is 107 cm³/mol. The van der Waals surface area contributed by atoms with Crippen molar-refractivity contribution >= 4 is 34.8 Å². The van der Waals surface area contributed by atoms with Crippen LogP contribution in [0, 0.1) is 0 Å². The number of nitrogens with one attached hydrogen (secondary N) is 1. The third-order valence-electron chi connectivity index (χ3n) is 3.79. The second-order valence-electron chi connectivity index (χ2n) is 5.74. The Morgan fingerprint density at radius 2 is 1.69 bits per heavy atom. The van der Waals surface area contributed by atoms with Crippen molar-refractivity contribution in [2.24, 2.45) is 0 Å². The van der Waals surface area contributed by atoms with Gasteiger partial charge in [0.2, 0.25) is 0 Å². The van der Waals surface area contributed by atoms with Gasteiger partial charge in [-0.15, -0.1) is 0 Å². The standard InChI is InChI=1S/C20H17Cl3N2O/c21-17-5-6-20(26-13-15-3-4-18(22)9-19(15)23)16(8-17)12-25-11-14-2-1-7-24-10-14/h1-10,25H,11-13H2. The molecule has 26 heavy (non-hydrogen) atoms. The second kappa shape index (κ2) is 9.24. The third kappa shape index (κ3) is 5.36. The van der Waals surface area contributed by atoms with E-state index in [0.717, 1.165) is 22.4 Å². The number of benzene rings is 2. The van der Waals surface area contributed by atoms with Crippen LogP contribution in [0.4, 0.5) is 0 Å². The largest absolute Gasteiger partial charge is 0.489 e. The molecule has 1 aromatic heterocycles. The smallest absolute Gasteiger partial charge is 0.124 e. The van der Waals surface area contributed by atoms with Gasteiger partial charge in [0.1, 0.15) is 12.4 Å². The first-order valence-electron chi connectivity index (χ1n) is 8.06. The van der Waals surface area contributed by atoms with E-state index in [1.54, 1.807) is 18.3 Å². The molecule has 0 unspecified atom stereocenters. The molecular weight excluding hydrogens is 391 g/mol. The molecule has 3 rings (SSSR count). The van der Waals surface area contributed by atoms with Gasteiger partial charge >= 0.3 is 0 Å². The lowest BCUT2D eigenvalue weighted by molar-refractivity contribution is 0.302. The summed E-state index contributed by atoms with van der Waals surface area (Å²) in [6, 6.07) is 14.9. The number of ether oxygens (including phenoxy) is 1. The fraction of sp³-hybridized carbons (Fsp3) is 0.150. The Morgan fingerprint density at radius 3 is 2.46 bits per heavy atom. The maximum atomic E-state index is 6.21. The average molecular weight is 408 g/mol. The highest BCUT2D eigenvalue weighted by atomic mass is 35.5. The van der Waals surface area contributed by atoms with E-state index in [2.05, 4.69) is 10.3 Å². The topological polar surface area (TPSA) is 34.1 Å². The monoisotopic (exact) mass is 406 g/mol. The van der Waals surface area contributed by atoms with E-state index >= 15 is 0 Å². The normalized spacial score (nSPS) is 10.7. The maximum absolute atomic E-state index is 6.21. The zero-order valence-electron chi connectivity index (χ0n) is 13.9. The Morgan fingerprint density at radius 1 is 0.885 bits per heavy atom. The Bertz CT molecular complexity index is 872. The molecule has 3 nitrogen and oxygen atoms in total. The summed E-state index contributed by atoms with van der Waals surface area (Å²) >= 11 is 18.3. The molecule has 2 aromatic carbocycles. The molecule has 0 atom stereocenters. The highest BCUT2D eigenvalue weighted by molar-refractivity contribution is 6.35. The quantitative estimate of drug-likeness (QED) is 0.528. The molecule has 0 bridgehead atoms. The van der Waals surface area contributed by atoms with Crippen LogP contribution in [0.15, 0.2) is 60.9 Å². The van der Waals surface area contributed by atoms with E-state index < -0.39 is 0 Å². The summed E-state index contributed by atoms with van der Waals surface area (Å²) in [7, 11) is 0. The van der Waals surface area contributed by atoms with E-state index in [0.29, 0.717) is 34.8 Å². The van der Waals surface area contributed by atoms with Crippen molar-refractivity contribution in [3.63, 3.8) is 0 Å². The Kier molecular flexibility index (Phi) is 6.75. The Hall–Kier alpha value is -1.78. The summed E-state index contributed by atoms with van der Waals surface area (Å²) in [6.45, 7) is 1.69. The van der Waals surface area contributed by atoms with Gasteiger partial charge < -0.3 is 10.1 Å². The molecule has 1 heterocycles. The van der Waals surface area contributed by atoms with E-state index in [9.17, 15) is 0 Å². The Labute approximate surface area is 167 Å². The number of nitrogens with zero attached hydrogens (tertiary/aromatic N) is 1. The van der Waals surface area contributed by atoms with Crippen molar-refractivity contribution in [2.75, 3.05) is 0 Å².